The van der Waals surface area contributed by atoms with E-state index in [-0.39, 0.29) is 0 Å². The van der Waals surface area contributed by atoms with Crippen LogP contribution in [0.25, 0.3) is 10.8 Å². The summed E-state index contributed by atoms with van der Waals surface area (Å²) in [6, 6.07) is 14.4. The van der Waals surface area contributed by atoms with Crippen LogP contribution in [0.15, 0.2) is 54.9 Å². The van der Waals surface area contributed by atoms with Gasteiger partial charge in [0.2, 0.25) is 6.41 Å². The lowest BCUT2D eigenvalue weighted by atomic mass is 9.89. The summed E-state index contributed by atoms with van der Waals surface area (Å²) < 4.78 is 0. The minimum atomic E-state index is 0.635. The molecular weight excluding hydrogens is 370 g/mol. The van der Waals surface area contributed by atoms with E-state index in [0.717, 1.165) is 16.7 Å². The molecule has 1 saturated heterocycles. The van der Waals surface area contributed by atoms with Gasteiger partial charge < -0.3 is 10.2 Å². The Morgan fingerprint density at radius 1 is 1.07 bits per heavy atom. The van der Waals surface area contributed by atoms with Crippen LogP contribution in [0.4, 0.5) is 5.69 Å². The number of carbonyl (C=O) groups excluding carboxylic acids is 1. The molecule has 1 aliphatic heterocycles. The number of hydrogen-bond donors (Lipinski definition) is 1. The molecule has 146 valence electrons. The molecule has 28 heavy (non-hydrogen) atoms. The van der Waals surface area contributed by atoms with Gasteiger partial charge in [-0.2, -0.15) is 0 Å². The molecule has 0 spiro atoms. The predicted octanol–water partition coefficient (Wildman–Crippen LogP) is 5.26. The highest BCUT2D eigenvalue weighted by molar-refractivity contribution is 6.36. The molecule has 0 saturated carbocycles. The van der Waals surface area contributed by atoms with Gasteiger partial charge in [0.25, 0.3) is 0 Å². The maximum Gasteiger partial charge on any atom is 0.211 e. The van der Waals surface area contributed by atoms with Crippen molar-refractivity contribution in [3.63, 3.8) is 0 Å². The monoisotopic (exact) mass is 395 g/mol. The Morgan fingerprint density at radius 2 is 1.79 bits per heavy atom. The molecular formula is C23H26ClN3O. The van der Waals surface area contributed by atoms with Crippen LogP contribution in [-0.4, -0.2) is 36.4 Å². The van der Waals surface area contributed by atoms with Gasteiger partial charge in [-0.05, 0) is 69.6 Å². The van der Waals surface area contributed by atoms with Crippen molar-refractivity contribution < 1.29 is 4.79 Å². The van der Waals surface area contributed by atoms with Crippen molar-refractivity contribution in [2.75, 3.05) is 25.5 Å². The summed E-state index contributed by atoms with van der Waals surface area (Å²) in [5.74, 6) is 0.798. The van der Waals surface area contributed by atoms with E-state index in [0.29, 0.717) is 17.1 Å². The number of carbonyl (C=O) groups is 1. The molecule has 3 aromatic rings. The number of hydrogen-bond acceptors (Lipinski definition) is 3. The first-order chi connectivity index (χ1) is 13.6. The lowest BCUT2D eigenvalue weighted by Gasteiger charge is -2.29. The molecule has 1 aromatic heterocycles. The van der Waals surface area contributed by atoms with Crippen LogP contribution in [0.3, 0.4) is 0 Å². The van der Waals surface area contributed by atoms with Gasteiger partial charge >= 0.3 is 0 Å². The van der Waals surface area contributed by atoms with Crippen molar-refractivity contribution in [3.8, 4) is 0 Å². The van der Waals surface area contributed by atoms with E-state index < -0.39 is 0 Å². The molecule has 0 radical (unpaired) electrons. The quantitative estimate of drug-likeness (QED) is 0.615. The molecule has 1 amide bonds. The number of aromatic nitrogens is 1. The van der Waals surface area contributed by atoms with Crippen molar-refractivity contribution in [1.29, 1.82) is 0 Å². The Bertz CT molecular complexity index is 919. The molecule has 1 N–H and O–H groups in total. The third kappa shape index (κ3) is 5.09. The number of anilines is 1. The number of benzene rings is 2. The number of nitrogens with zero attached hydrogens (tertiary/aromatic N) is 2. The normalized spacial score (nSPS) is 15.0. The van der Waals surface area contributed by atoms with Gasteiger partial charge in [0, 0.05) is 33.9 Å². The number of nitrogens with one attached hydrogen (secondary N) is 1. The van der Waals surface area contributed by atoms with Crippen LogP contribution in [0.5, 0.6) is 0 Å². The summed E-state index contributed by atoms with van der Waals surface area (Å²) in [7, 11) is 2.21. The van der Waals surface area contributed by atoms with Crippen LogP contribution in [0.1, 0.15) is 29.9 Å². The maximum atomic E-state index is 10.3. The maximum absolute atomic E-state index is 10.3. The van der Waals surface area contributed by atoms with E-state index in [9.17, 15) is 4.79 Å². The van der Waals surface area contributed by atoms with E-state index in [1.165, 1.54) is 37.1 Å². The van der Waals surface area contributed by atoms with Gasteiger partial charge in [0.05, 0.1) is 0 Å². The van der Waals surface area contributed by atoms with Gasteiger partial charge in [0.15, 0.2) is 0 Å². The topological polar surface area (TPSA) is 45.2 Å². The van der Waals surface area contributed by atoms with Crippen molar-refractivity contribution >= 4 is 34.5 Å². The number of rotatable bonds is 3. The Morgan fingerprint density at radius 3 is 2.46 bits per heavy atom. The lowest BCUT2D eigenvalue weighted by molar-refractivity contribution is -0.105. The molecule has 0 bridgehead atoms. The second kappa shape index (κ2) is 9.67. The number of pyridine rings is 1. The zero-order chi connectivity index (χ0) is 19.9. The van der Waals surface area contributed by atoms with Crippen molar-refractivity contribution in [2.24, 2.45) is 0 Å². The highest BCUT2D eigenvalue weighted by Crippen LogP contribution is 2.29. The lowest BCUT2D eigenvalue weighted by Crippen LogP contribution is -2.29. The third-order valence-electron chi connectivity index (χ3n) is 5.25. The van der Waals surface area contributed by atoms with Crippen LogP contribution in [-0.2, 0) is 4.79 Å². The predicted molar refractivity (Wildman–Crippen MR) is 117 cm³/mol. The fourth-order valence-electron chi connectivity index (χ4n) is 3.52. The smallest absolute Gasteiger partial charge is 0.211 e. The number of halogens is 1. The molecule has 0 aliphatic carbocycles. The van der Waals surface area contributed by atoms with Crippen LogP contribution in [0, 0.1) is 6.92 Å². The Kier molecular flexibility index (Phi) is 7.01. The first-order valence-electron chi connectivity index (χ1n) is 9.56. The van der Waals surface area contributed by atoms with E-state index in [4.69, 9.17) is 11.6 Å². The minimum Gasteiger partial charge on any atom is -0.328 e. The molecule has 4 nitrogen and oxygen atoms in total. The number of aryl methyl sites for hydroxylation is 1. The first-order valence-corrected chi connectivity index (χ1v) is 9.94. The number of likely N-dealkylation sites (tertiary alicyclic amines) is 1. The molecule has 1 fully saturated rings. The molecule has 0 atom stereocenters. The molecule has 0 unspecified atom stereocenters. The second-order valence-corrected chi connectivity index (χ2v) is 7.67. The summed E-state index contributed by atoms with van der Waals surface area (Å²) >= 11 is 5.99. The molecule has 2 aromatic carbocycles. The van der Waals surface area contributed by atoms with E-state index in [2.05, 4.69) is 53.4 Å². The van der Waals surface area contributed by atoms with Crippen molar-refractivity contribution in [3.05, 3.63) is 71.0 Å². The fraction of sp³-hybridized carbons (Fsp3) is 0.304. The Hall–Kier alpha value is -2.43. The van der Waals surface area contributed by atoms with E-state index in [1.54, 1.807) is 24.5 Å². The fourth-order valence-corrected chi connectivity index (χ4v) is 3.75. The summed E-state index contributed by atoms with van der Waals surface area (Å²) in [4.78, 5) is 16.7. The third-order valence-corrected chi connectivity index (χ3v) is 5.58. The highest BCUT2D eigenvalue weighted by atomic mass is 35.5. The van der Waals surface area contributed by atoms with Crippen molar-refractivity contribution in [2.45, 2.75) is 25.7 Å². The number of amides is 1. The van der Waals surface area contributed by atoms with E-state index in [1.807, 2.05) is 6.07 Å². The number of fused-ring (bicyclic) bond motifs is 1. The SMILES string of the molecule is Cc1ccc(C2CCN(C)CC2)cc1.O=CNc1ccc(Cl)c2ccncc12. The van der Waals surface area contributed by atoms with Gasteiger partial charge in [-0.1, -0.05) is 41.4 Å². The largest absolute Gasteiger partial charge is 0.328 e. The molecule has 2 heterocycles. The van der Waals surface area contributed by atoms with Crippen LogP contribution >= 0.6 is 11.6 Å². The zero-order valence-corrected chi connectivity index (χ0v) is 17.1. The van der Waals surface area contributed by atoms with Crippen LogP contribution < -0.4 is 5.32 Å². The van der Waals surface area contributed by atoms with Gasteiger partial charge in [-0.3, -0.25) is 9.78 Å². The summed E-state index contributed by atoms with van der Waals surface area (Å²) in [5.41, 5.74) is 3.61. The molecule has 4 rings (SSSR count). The van der Waals surface area contributed by atoms with Crippen molar-refractivity contribution in [1.82, 2.24) is 9.88 Å². The number of piperidine rings is 1. The van der Waals surface area contributed by atoms with Gasteiger partial charge in [-0.15, -0.1) is 0 Å². The summed E-state index contributed by atoms with van der Waals surface area (Å²) in [6.45, 7) is 4.65. The molecule has 1 aliphatic rings. The Labute approximate surface area is 171 Å². The minimum absolute atomic E-state index is 0.635. The van der Waals surface area contributed by atoms with E-state index >= 15 is 0 Å². The van der Waals surface area contributed by atoms with Crippen LogP contribution in [0.2, 0.25) is 5.02 Å². The Balaban J connectivity index is 0.000000161. The average Bonchev–Trinajstić information content (AvgIpc) is 2.72. The second-order valence-electron chi connectivity index (χ2n) is 7.27. The molecule has 5 heteroatoms. The standard InChI is InChI=1S/C13H19N.C10H7ClN2O/c1-11-3-5-12(6-4-11)13-7-9-14(2)10-8-13;11-9-1-2-10(13-6-14)8-5-12-4-3-7(8)9/h3-6,13H,7-10H2,1-2H3;1-6H,(H,13,14). The first kappa shape index (κ1) is 20.3. The highest BCUT2D eigenvalue weighted by Gasteiger charge is 2.17. The van der Waals surface area contributed by atoms with Gasteiger partial charge in [-0.25, -0.2) is 0 Å². The summed E-state index contributed by atoms with van der Waals surface area (Å²) in [6.07, 6.45) is 6.61. The zero-order valence-electron chi connectivity index (χ0n) is 16.4. The average molecular weight is 396 g/mol. The summed E-state index contributed by atoms with van der Waals surface area (Å²) in [5, 5.41) is 4.97. The van der Waals surface area contributed by atoms with Gasteiger partial charge in [0.1, 0.15) is 0 Å².